The van der Waals surface area contributed by atoms with Gasteiger partial charge in [0.1, 0.15) is 0 Å². The van der Waals surface area contributed by atoms with E-state index in [1.54, 1.807) is 4.68 Å². The molecule has 0 radical (unpaired) electrons. The Balaban J connectivity index is 2.39. The van der Waals surface area contributed by atoms with Crippen LogP contribution in [0, 0.1) is 4.77 Å². The third-order valence-electron chi connectivity index (χ3n) is 2.25. The molecule has 0 aliphatic rings. The fourth-order valence-electron chi connectivity index (χ4n) is 1.57. The molecule has 0 spiro atoms. The molecular formula is C9H19N5S. The average Bonchev–Trinajstić information content (AvgIpc) is 2.61. The third-order valence-corrected chi connectivity index (χ3v) is 2.55. The van der Waals surface area contributed by atoms with Crippen LogP contribution in [0.1, 0.15) is 26.7 Å². The van der Waals surface area contributed by atoms with Gasteiger partial charge in [0.15, 0.2) is 0 Å². The summed E-state index contributed by atoms with van der Waals surface area (Å²) in [7, 11) is 0. The molecular weight excluding hydrogens is 210 g/mol. The van der Waals surface area contributed by atoms with E-state index in [0.717, 1.165) is 26.2 Å². The Morgan fingerprint density at radius 3 is 2.40 bits per heavy atom. The zero-order valence-corrected chi connectivity index (χ0v) is 10.3. The minimum atomic E-state index is 0.531. The van der Waals surface area contributed by atoms with Crippen molar-refractivity contribution in [1.29, 1.82) is 0 Å². The maximum absolute atomic E-state index is 5.01. The minimum absolute atomic E-state index is 0.531. The van der Waals surface area contributed by atoms with Gasteiger partial charge in [0, 0.05) is 6.54 Å². The number of rotatable bonds is 7. The summed E-state index contributed by atoms with van der Waals surface area (Å²) in [5.41, 5.74) is 0. The molecule has 1 N–H and O–H groups in total. The molecule has 1 aromatic heterocycles. The van der Waals surface area contributed by atoms with Crippen molar-refractivity contribution in [2.45, 2.75) is 33.2 Å². The Bertz CT molecular complexity index is 312. The van der Waals surface area contributed by atoms with E-state index >= 15 is 0 Å². The van der Waals surface area contributed by atoms with E-state index in [1.165, 1.54) is 12.8 Å². The number of hydrogen-bond donors (Lipinski definition) is 1. The maximum Gasteiger partial charge on any atom is 0.238 e. The van der Waals surface area contributed by atoms with Crippen molar-refractivity contribution in [2.75, 3.05) is 19.6 Å². The maximum atomic E-state index is 5.01. The molecule has 1 rings (SSSR count). The lowest BCUT2D eigenvalue weighted by Crippen LogP contribution is -2.29. The van der Waals surface area contributed by atoms with Gasteiger partial charge in [-0.25, -0.2) is 4.68 Å². The van der Waals surface area contributed by atoms with Crippen molar-refractivity contribution in [1.82, 2.24) is 25.1 Å². The Labute approximate surface area is 95.5 Å². The number of nitrogens with zero attached hydrogens (tertiary/aromatic N) is 4. The first-order valence-electron chi connectivity index (χ1n) is 5.48. The van der Waals surface area contributed by atoms with Gasteiger partial charge in [-0.15, -0.1) is 0 Å². The van der Waals surface area contributed by atoms with Crippen LogP contribution in [0.25, 0.3) is 0 Å². The summed E-state index contributed by atoms with van der Waals surface area (Å²) in [5.74, 6) is 0. The van der Waals surface area contributed by atoms with E-state index < -0.39 is 0 Å². The summed E-state index contributed by atoms with van der Waals surface area (Å²) in [5, 5.41) is 10.2. The molecule has 0 bridgehead atoms. The minimum Gasteiger partial charge on any atom is -0.302 e. The molecule has 0 unspecified atom stereocenters. The van der Waals surface area contributed by atoms with Gasteiger partial charge in [0.2, 0.25) is 4.77 Å². The lowest BCUT2D eigenvalue weighted by molar-refractivity contribution is 0.258. The lowest BCUT2D eigenvalue weighted by Gasteiger charge is -2.20. The molecule has 86 valence electrons. The molecule has 0 saturated heterocycles. The molecule has 1 heterocycles. The van der Waals surface area contributed by atoms with Crippen LogP contribution in [0.4, 0.5) is 0 Å². The Morgan fingerprint density at radius 1 is 1.27 bits per heavy atom. The van der Waals surface area contributed by atoms with E-state index in [2.05, 4.69) is 34.3 Å². The summed E-state index contributed by atoms with van der Waals surface area (Å²) in [4.78, 5) is 2.43. The van der Waals surface area contributed by atoms with Crippen molar-refractivity contribution in [3.05, 3.63) is 4.77 Å². The lowest BCUT2D eigenvalue weighted by atomic mass is 10.3. The van der Waals surface area contributed by atoms with Gasteiger partial charge < -0.3 is 4.90 Å². The zero-order valence-electron chi connectivity index (χ0n) is 9.44. The fourth-order valence-corrected chi connectivity index (χ4v) is 1.74. The molecule has 0 fully saturated rings. The highest BCUT2D eigenvalue weighted by Crippen LogP contribution is 1.95. The van der Waals surface area contributed by atoms with Crippen molar-refractivity contribution in [3.8, 4) is 0 Å². The van der Waals surface area contributed by atoms with Crippen LogP contribution in [0.15, 0.2) is 0 Å². The summed E-state index contributed by atoms with van der Waals surface area (Å²) in [6, 6.07) is 0. The summed E-state index contributed by atoms with van der Waals surface area (Å²) < 4.78 is 2.33. The van der Waals surface area contributed by atoms with Crippen molar-refractivity contribution in [2.24, 2.45) is 0 Å². The highest BCUT2D eigenvalue weighted by atomic mass is 32.1. The number of H-pyrrole nitrogens is 1. The molecule has 6 heteroatoms. The second-order valence-corrected chi connectivity index (χ2v) is 3.94. The molecule has 0 aromatic carbocycles. The standard InChI is InChI=1S/C9H19N5S/c1-3-5-13(6-4-2)7-8-14-9(15)10-11-12-14/h3-8H2,1-2H3,(H,10,12,15). The van der Waals surface area contributed by atoms with Gasteiger partial charge in [0.05, 0.1) is 6.54 Å². The predicted molar refractivity (Wildman–Crippen MR) is 62.2 cm³/mol. The summed E-state index contributed by atoms with van der Waals surface area (Å²) in [6.45, 7) is 8.52. The Kier molecular flexibility index (Phi) is 5.49. The zero-order chi connectivity index (χ0) is 11.1. The van der Waals surface area contributed by atoms with Crippen molar-refractivity contribution < 1.29 is 0 Å². The van der Waals surface area contributed by atoms with E-state index in [4.69, 9.17) is 12.2 Å². The number of aromatic amines is 1. The first-order chi connectivity index (χ1) is 7.27. The van der Waals surface area contributed by atoms with Crippen LogP contribution in [0.5, 0.6) is 0 Å². The van der Waals surface area contributed by atoms with Crippen molar-refractivity contribution in [3.63, 3.8) is 0 Å². The normalized spacial score (nSPS) is 11.1. The van der Waals surface area contributed by atoms with Gasteiger partial charge in [-0.05, 0) is 38.1 Å². The Morgan fingerprint density at radius 2 is 1.93 bits per heavy atom. The van der Waals surface area contributed by atoms with Crippen LogP contribution < -0.4 is 0 Å². The number of tetrazole rings is 1. The van der Waals surface area contributed by atoms with E-state index in [-0.39, 0.29) is 0 Å². The highest BCUT2D eigenvalue weighted by Gasteiger charge is 2.03. The molecule has 0 atom stereocenters. The van der Waals surface area contributed by atoms with E-state index in [9.17, 15) is 0 Å². The average molecular weight is 229 g/mol. The van der Waals surface area contributed by atoms with E-state index in [1.807, 2.05) is 0 Å². The second-order valence-electron chi connectivity index (χ2n) is 3.58. The molecule has 1 aromatic rings. The van der Waals surface area contributed by atoms with Crippen LogP contribution >= 0.6 is 12.2 Å². The molecule has 15 heavy (non-hydrogen) atoms. The Hall–Kier alpha value is -0.750. The number of aromatic nitrogens is 4. The second kappa shape index (κ2) is 6.68. The van der Waals surface area contributed by atoms with Crippen LogP contribution in [0.3, 0.4) is 0 Å². The molecule has 0 saturated carbocycles. The summed E-state index contributed by atoms with van der Waals surface area (Å²) in [6.07, 6.45) is 2.37. The third kappa shape index (κ3) is 4.09. The van der Waals surface area contributed by atoms with Crippen LogP contribution in [0.2, 0.25) is 0 Å². The van der Waals surface area contributed by atoms with Gasteiger partial charge in [0.25, 0.3) is 0 Å². The first kappa shape index (κ1) is 12.3. The first-order valence-corrected chi connectivity index (χ1v) is 5.89. The SMILES string of the molecule is CCCN(CCC)CCn1[nH]nnc1=S. The topological polar surface area (TPSA) is 49.7 Å². The number of hydrogen-bond acceptors (Lipinski definition) is 4. The molecule has 5 nitrogen and oxygen atoms in total. The molecule has 0 aliphatic carbocycles. The van der Waals surface area contributed by atoms with Crippen LogP contribution in [-0.4, -0.2) is 44.7 Å². The number of nitrogens with one attached hydrogen (secondary N) is 1. The highest BCUT2D eigenvalue weighted by molar-refractivity contribution is 7.71. The smallest absolute Gasteiger partial charge is 0.238 e. The molecule has 0 amide bonds. The van der Waals surface area contributed by atoms with Gasteiger partial charge in [-0.2, -0.15) is 5.21 Å². The van der Waals surface area contributed by atoms with Crippen molar-refractivity contribution >= 4 is 12.2 Å². The quantitative estimate of drug-likeness (QED) is 0.719. The van der Waals surface area contributed by atoms with Gasteiger partial charge in [-0.3, -0.25) is 0 Å². The van der Waals surface area contributed by atoms with Crippen LogP contribution in [-0.2, 0) is 6.54 Å². The van der Waals surface area contributed by atoms with E-state index in [0.29, 0.717) is 4.77 Å². The summed E-state index contributed by atoms with van der Waals surface area (Å²) >= 11 is 5.01. The molecule has 0 aliphatic heterocycles. The van der Waals surface area contributed by atoms with Gasteiger partial charge >= 0.3 is 0 Å². The van der Waals surface area contributed by atoms with Gasteiger partial charge in [-0.1, -0.05) is 24.2 Å². The largest absolute Gasteiger partial charge is 0.302 e. The monoisotopic (exact) mass is 229 g/mol. The fraction of sp³-hybridized carbons (Fsp3) is 0.889. The predicted octanol–water partition coefficient (Wildman–Crippen LogP) is 1.46.